The molecule has 1 N–H and O–H groups in total. The molecule has 1 aromatic rings. The summed E-state index contributed by atoms with van der Waals surface area (Å²) in [6.45, 7) is 2.37. The first-order valence-corrected chi connectivity index (χ1v) is 5.00. The van der Waals surface area contributed by atoms with E-state index in [9.17, 15) is 4.79 Å². The van der Waals surface area contributed by atoms with Crippen molar-refractivity contribution in [3.05, 3.63) is 24.0 Å². The Kier molecular flexibility index (Phi) is 4.77. The molecule has 4 nitrogen and oxygen atoms in total. The minimum atomic E-state index is 0.0249. The molecule has 0 unspecified atom stereocenters. The fourth-order valence-corrected chi connectivity index (χ4v) is 1.07. The second kappa shape index (κ2) is 6.14. The van der Waals surface area contributed by atoms with Crippen molar-refractivity contribution in [3.8, 4) is 5.75 Å². The lowest BCUT2D eigenvalue weighted by Gasteiger charge is -2.04. The number of carbonyl (C=O) groups is 1. The first kappa shape index (κ1) is 11.7. The van der Waals surface area contributed by atoms with Crippen LogP contribution >= 0.6 is 0 Å². The van der Waals surface area contributed by atoms with Crippen molar-refractivity contribution in [2.45, 2.75) is 19.8 Å². The molecule has 15 heavy (non-hydrogen) atoms. The number of hydrogen-bond donors (Lipinski definition) is 1. The van der Waals surface area contributed by atoms with Gasteiger partial charge < -0.3 is 9.84 Å². The van der Waals surface area contributed by atoms with Crippen molar-refractivity contribution in [2.24, 2.45) is 0 Å². The summed E-state index contributed by atoms with van der Waals surface area (Å²) in [5.74, 6) is 0.646. The first-order chi connectivity index (χ1) is 7.27. The lowest BCUT2D eigenvalue weighted by molar-refractivity contribution is 0.0983. The summed E-state index contributed by atoms with van der Waals surface area (Å²) in [4.78, 5) is 15.2. The molecule has 1 rings (SSSR count). The Hall–Kier alpha value is -1.42. The maximum absolute atomic E-state index is 11.2. The molecule has 0 aromatic carbocycles. The number of aromatic nitrogens is 1. The molecule has 0 fully saturated rings. The summed E-state index contributed by atoms with van der Waals surface area (Å²) in [5.41, 5.74) is 0.465. The zero-order chi connectivity index (χ0) is 11.1. The van der Waals surface area contributed by atoms with Crippen LogP contribution in [0.4, 0.5) is 0 Å². The highest BCUT2D eigenvalue weighted by atomic mass is 16.5. The minimum absolute atomic E-state index is 0.0249. The van der Waals surface area contributed by atoms with E-state index in [-0.39, 0.29) is 12.4 Å². The maximum Gasteiger partial charge on any atom is 0.180 e. The van der Waals surface area contributed by atoms with Gasteiger partial charge in [0, 0.05) is 19.4 Å². The molecule has 0 aliphatic heterocycles. The van der Waals surface area contributed by atoms with Gasteiger partial charge >= 0.3 is 0 Å². The molecule has 82 valence electrons. The van der Waals surface area contributed by atoms with Gasteiger partial charge in [0.05, 0.1) is 12.8 Å². The van der Waals surface area contributed by atoms with Gasteiger partial charge in [0.1, 0.15) is 11.4 Å². The number of pyridine rings is 1. The van der Waals surface area contributed by atoms with Crippen LogP contribution in [0.2, 0.25) is 0 Å². The molecule has 0 aliphatic carbocycles. The number of hydrogen-bond acceptors (Lipinski definition) is 4. The lowest BCUT2D eigenvalue weighted by atomic mass is 10.2. The van der Waals surface area contributed by atoms with Gasteiger partial charge in [-0.3, -0.25) is 4.79 Å². The molecule has 0 aliphatic rings. The average Bonchev–Trinajstić information content (AvgIpc) is 2.29. The Morgan fingerprint density at radius 3 is 2.87 bits per heavy atom. The van der Waals surface area contributed by atoms with Crippen molar-refractivity contribution in [1.82, 2.24) is 4.98 Å². The third kappa shape index (κ3) is 3.67. The molecule has 0 radical (unpaired) electrons. The molecular formula is C11H15NO3. The maximum atomic E-state index is 11.2. The molecule has 0 amide bonds. The third-order valence-electron chi connectivity index (χ3n) is 1.91. The highest BCUT2D eigenvalue weighted by Crippen LogP contribution is 2.10. The van der Waals surface area contributed by atoms with E-state index in [1.54, 1.807) is 19.1 Å². The average molecular weight is 209 g/mol. The van der Waals surface area contributed by atoms with Gasteiger partial charge in [0.2, 0.25) is 0 Å². The summed E-state index contributed by atoms with van der Waals surface area (Å²) in [5, 5.41) is 8.55. The predicted molar refractivity (Wildman–Crippen MR) is 56.1 cm³/mol. The van der Waals surface area contributed by atoms with Crippen LogP contribution in [-0.4, -0.2) is 29.1 Å². The number of ether oxygens (including phenoxy) is 1. The summed E-state index contributed by atoms with van der Waals surface area (Å²) in [7, 11) is 0. The van der Waals surface area contributed by atoms with E-state index in [1.165, 1.54) is 6.20 Å². The van der Waals surface area contributed by atoms with E-state index in [2.05, 4.69) is 4.98 Å². The summed E-state index contributed by atoms with van der Waals surface area (Å²) < 4.78 is 5.28. The normalized spacial score (nSPS) is 10.0. The topological polar surface area (TPSA) is 59.4 Å². The van der Waals surface area contributed by atoms with Crippen molar-refractivity contribution < 1.29 is 14.6 Å². The number of aliphatic hydroxyl groups excluding tert-OH is 1. The van der Waals surface area contributed by atoms with Crippen molar-refractivity contribution in [1.29, 1.82) is 0 Å². The van der Waals surface area contributed by atoms with Crippen LogP contribution in [0.1, 0.15) is 30.3 Å². The molecule has 0 atom stereocenters. The number of rotatable bonds is 6. The number of Topliss-reactive ketones (excluding diaryl/α,β-unsaturated/α-hetero) is 1. The molecule has 1 aromatic heterocycles. The van der Waals surface area contributed by atoms with Crippen molar-refractivity contribution in [2.75, 3.05) is 13.2 Å². The Bertz CT molecular complexity index is 308. The van der Waals surface area contributed by atoms with E-state index in [0.717, 1.165) is 0 Å². The van der Waals surface area contributed by atoms with Crippen molar-refractivity contribution >= 4 is 5.78 Å². The van der Waals surface area contributed by atoms with Gasteiger partial charge in [-0.05, 0) is 12.1 Å². The van der Waals surface area contributed by atoms with Crippen LogP contribution in [0.15, 0.2) is 18.3 Å². The van der Waals surface area contributed by atoms with Crippen LogP contribution < -0.4 is 4.74 Å². The highest BCUT2D eigenvalue weighted by molar-refractivity contribution is 5.93. The van der Waals surface area contributed by atoms with Gasteiger partial charge in [0.25, 0.3) is 0 Å². The van der Waals surface area contributed by atoms with Crippen LogP contribution in [0, 0.1) is 0 Å². The van der Waals surface area contributed by atoms with E-state index < -0.39 is 0 Å². The monoisotopic (exact) mass is 209 g/mol. The van der Waals surface area contributed by atoms with Crippen LogP contribution in [-0.2, 0) is 0 Å². The minimum Gasteiger partial charge on any atom is -0.492 e. The standard InChI is InChI=1S/C11H15NO3/c1-2-11(14)10-5-4-9(8-12-10)15-7-3-6-13/h4-5,8,13H,2-3,6-7H2,1H3. The molecule has 0 bridgehead atoms. The van der Waals surface area contributed by atoms with Gasteiger partial charge in [-0.25, -0.2) is 4.98 Å². The first-order valence-electron chi connectivity index (χ1n) is 5.00. The smallest absolute Gasteiger partial charge is 0.180 e. The summed E-state index contributed by atoms with van der Waals surface area (Å²) in [6.07, 6.45) is 2.58. The van der Waals surface area contributed by atoms with Crippen LogP contribution in [0.5, 0.6) is 5.75 Å². The fraction of sp³-hybridized carbons (Fsp3) is 0.455. The highest BCUT2D eigenvalue weighted by Gasteiger charge is 2.04. The lowest BCUT2D eigenvalue weighted by Crippen LogP contribution is -2.02. The number of nitrogens with zero attached hydrogens (tertiary/aromatic N) is 1. The summed E-state index contributed by atoms with van der Waals surface area (Å²) >= 11 is 0. The second-order valence-corrected chi connectivity index (χ2v) is 3.08. The van der Waals surface area contributed by atoms with Crippen LogP contribution in [0.25, 0.3) is 0 Å². The van der Waals surface area contributed by atoms with Gasteiger partial charge in [-0.15, -0.1) is 0 Å². The Morgan fingerprint density at radius 2 is 2.33 bits per heavy atom. The Labute approximate surface area is 88.9 Å². The number of carbonyl (C=O) groups excluding carboxylic acids is 1. The van der Waals surface area contributed by atoms with Gasteiger partial charge in [0.15, 0.2) is 5.78 Å². The fourth-order valence-electron chi connectivity index (χ4n) is 1.07. The molecule has 0 saturated heterocycles. The quantitative estimate of drug-likeness (QED) is 0.569. The van der Waals surface area contributed by atoms with Crippen LogP contribution in [0.3, 0.4) is 0 Å². The van der Waals surface area contributed by atoms with E-state index >= 15 is 0 Å². The summed E-state index contributed by atoms with van der Waals surface area (Å²) in [6, 6.07) is 3.37. The van der Waals surface area contributed by atoms with Gasteiger partial charge in [-0.2, -0.15) is 0 Å². The molecule has 0 spiro atoms. The number of aliphatic hydroxyl groups is 1. The predicted octanol–water partition coefficient (Wildman–Crippen LogP) is 1.44. The van der Waals surface area contributed by atoms with Gasteiger partial charge in [-0.1, -0.05) is 6.92 Å². The number of ketones is 1. The van der Waals surface area contributed by atoms with E-state index in [1.807, 2.05) is 0 Å². The molecule has 4 heteroatoms. The Balaban J connectivity index is 2.52. The molecule has 1 heterocycles. The zero-order valence-electron chi connectivity index (χ0n) is 8.77. The Morgan fingerprint density at radius 1 is 1.53 bits per heavy atom. The molecular weight excluding hydrogens is 194 g/mol. The van der Waals surface area contributed by atoms with E-state index in [0.29, 0.717) is 30.9 Å². The second-order valence-electron chi connectivity index (χ2n) is 3.08. The third-order valence-corrected chi connectivity index (χ3v) is 1.91. The largest absolute Gasteiger partial charge is 0.492 e. The molecule has 0 saturated carbocycles. The van der Waals surface area contributed by atoms with E-state index in [4.69, 9.17) is 9.84 Å². The zero-order valence-corrected chi connectivity index (χ0v) is 8.77. The van der Waals surface area contributed by atoms with Crippen molar-refractivity contribution in [3.63, 3.8) is 0 Å². The SMILES string of the molecule is CCC(=O)c1ccc(OCCCO)cn1.